The van der Waals surface area contributed by atoms with Crippen LogP contribution >= 0.6 is 7.14 Å². The topological polar surface area (TPSA) is 32.3 Å². The van der Waals surface area contributed by atoms with Crippen LogP contribution < -0.4 is 26.1 Å². The van der Waals surface area contributed by atoms with E-state index in [0.29, 0.717) is 17.8 Å². The summed E-state index contributed by atoms with van der Waals surface area (Å²) in [7, 11) is -3.18. The van der Waals surface area contributed by atoms with Crippen LogP contribution in [0, 0.1) is 11.8 Å². The molecule has 2 aliphatic heterocycles. The fourth-order valence-corrected chi connectivity index (χ4v) is 11.2. The average molecular weight is 577 g/mol. The van der Waals surface area contributed by atoms with Gasteiger partial charge in [0.15, 0.2) is 7.14 Å². The molecular weight excluding hydrogens is 543 g/mol. The van der Waals surface area contributed by atoms with Gasteiger partial charge in [0.05, 0.1) is 11.4 Å². The fourth-order valence-electron chi connectivity index (χ4n) is 8.39. The molecule has 1 fully saturated rings. The predicted molar refractivity (Wildman–Crippen MR) is 180 cm³/mol. The van der Waals surface area contributed by atoms with Crippen molar-refractivity contribution in [2.24, 2.45) is 11.8 Å². The summed E-state index contributed by atoms with van der Waals surface area (Å²) < 4.78 is 15.6. The Morgan fingerprint density at radius 1 is 0.721 bits per heavy atom. The van der Waals surface area contributed by atoms with Crippen LogP contribution in [0.15, 0.2) is 139 Å². The smallest absolute Gasteiger partial charge is 0.173 e. The van der Waals surface area contributed by atoms with E-state index in [4.69, 9.17) is 0 Å². The van der Waals surface area contributed by atoms with Crippen molar-refractivity contribution in [1.29, 1.82) is 0 Å². The highest BCUT2D eigenvalue weighted by Gasteiger charge is 2.51. The largest absolute Gasteiger partial charge is 0.362 e. The van der Waals surface area contributed by atoms with Gasteiger partial charge in [-0.05, 0) is 71.7 Å². The van der Waals surface area contributed by atoms with Crippen LogP contribution in [0.3, 0.4) is 0 Å². The Kier molecular flexibility index (Phi) is 5.62. The minimum absolute atomic E-state index is 0.0651. The minimum atomic E-state index is -3.18. The van der Waals surface area contributed by atoms with Crippen LogP contribution in [0.1, 0.15) is 30.7 Å². The Bertz CT molecular complexity index is 1950. The van der Waals surface area contributed by atoms with Gasteiger partial charge in [-0.15, -0.1) is 0 Å². The van der Waals surface area contributed by atoms with Crippen molar-refractivity contribution in [3.05, 3.63) is 145 Å². The molecule has 5 aromatic carbocycles. The molecule has 0 bridgehead atoms. The van der Waals surface area contributed by atoms with Crippen molar-refractivity contribution in [1.82, 2.24) is 0 Å². The lowest BCUT2D eigenvalue weighted by atomic mass is 9.63. The molecule has 4 atom stereocenters. The second-order valence-corrected chi connectivity index (χ2v) is 15.1. The number of hydrogen-bond acceptors (Lipinski definition) is 3. The maximum absolute atomic E-state index is 15.6. The van der Waals surface area contributed by atoms with Crippen LogP contribution in [0.5, 0.6) is 0 Å². The molecule has 0 aromatic heterocycles. The van der Waals surface area contributed by atoms with Gasteiger partial charge in [0.1, 0.15) is 6.17 Å². The van der Waals surface area contributed by atoms with Gasteiger partial charge >= 0.3 is 0 Å². The lowest BCUT2D eigenvalue weighted by Gasteiger charge is -2.50. The Hall–Kier alpha value is -4.33. The number of nitrogens with zero attached hydrogens (tertiary/aromatic N) is 1. The quantitative estimate of drug-likeness (QED) is 0.219. The molecule has 0 radical (unpaired) electrons. The van der Waals surface area contributed by atoms with Crippen molar-refractivity contribution < 1.29 is 4.57 Å². The molecule has 4 unspecified atom stereocenters. The van der Waals surface area contributed by atoms with E-state index >= 15 is 4.57 Å². The molecular formula is C39H33N2OP. The van der Waals surface area contributed by atoms with Crippen molar-refractivity contribution in [2.75, 3.05) is 10.2 Å². The second-order valence-electron chi connectivity index (χ2n) is 12.4. The molecule has 2 aliphatic carbocycles. The van der Waals surface area contributed by atoms with Gasteiger partial charge in [0.2, 0.25) is 0 Å². The summed E-state index contributed by atoms with van der Waals surface area (Å²) in [4.78, 5) is 2.55. The molecule has 4 aliphatic rings. The van der Waals surface area contributed by atoms with Gasteiger partial charge in [-0.3, -0.25) is 0 Å². The third-order valence-electron chi connectivity index (χ3n) is 10.3. The second kappa shape index (κ2) is 9.59. The number of anilines is 3. The van der Waals surface area contributed by atoms with E-state index in [1.165, 1.54) is 34.9 Å². The lowest BCUT2D eigenvalue weighted by molar-refractivity contribution is 0.286. The van der Waals surface area contributed by atoms with E-state index < -0.39 is 7.14 Å². The Balaban J connectivity index is 1.30. The van der Waals surface area contributed by atoms with Gasteiger partial charge in [0, 0.05) is 27.5 Å². The monoisotopic (exact) mass is 576 g/mol. The molecule has 3 nitrogen and oxygen atoms in total. The highest BCUT2D eigenvalue weighted by Crippen LogP contribution is 2.60. The Morgan fingerprint density at radius 3 is 2.16 bits per heavy atom. The fraction of sp³-hybridized carbons (Fsp3) is 0.179. The van der Waals surface area contributed by atoms with E-state index in [-0.39, 0.29) is 6.17 Å². The summed E-state index contributed by atoms with van der Waals surface area (Å²) >= 11 is 0. The lowest BCUT2D eigenvalue weighted by Crippen LogP contribution is -2.49. The highest BCUT2D eigenvalue weighted by atomic mass is 31.2. The third-order valence-corrected chi connectivity index (χ3v) is 13.4. The zero-order chi connectivity index (χ0) is 28.5. The number of para-hydroxylation sites is 1. The summed E-state index contributed by atoms with van der Waals surface area (Å²) in [6.45, 7) is 0. The van der Waals surface area contributed by atoms with Crippen molar-refractivity contribution in [3.8, 4) is 0 Å². The molecule has 5 aromatic rings. The molecule has 9 rings (SSSR count). The Labute approximate surface area is 252 Å². The van der Waals surface area contributed by atoms with Gasteiger partial charge < -0.3 is 14.8 Å². The van der Waals surface area contributed by atoms with Crippen LogP contribution in [0.4, 0.5) is 17.1 Å². The molecule has 0 amide bonds. The maximum Gasteiger partial charge on any atom is 0.173 e. The molecule has 1 saturated carbocycles. The van der Waals surface area contributed by atoms with Crippen LogP contribution in [0.25, 0.3) is 10.8 Å². The van der Waals surface area contributed by atoms with Crippen LogP contribution in [-0.4, -0.2) is 6.17 Å². The summed E-state index contributed by atoms with van der Waals surface area (Å²) in [6.07, 6.45) is 10.6. The van der Waals surface area contributed by atoms with E-state index in [1.54, 1.807) is 5.57 Å². The average Bonchev–Trinajstić information content (AvgIpc) is 3.48. The normalized spacial score (nSPS) is 23.3. The molecule has 0 spiro atoms. The van der Waals surface area contributed by atoms with Gasteiger partial charge in [-0.25, -0.2) is 0 Å². The third kappa shape index (κ3) is 3.65. The van der Waals surface area contributed by atoms with Crippen molar-refractivity contribution >= 4 is 50.9 Å². The maximum atomic E-state index is 15.6. The number of rotatable bonds is 3. The summed E-state index contributed by atoms with van der Waals surface area (Å²) in [5.74, 6) is 1.38. The SMILES string of the molecule is O=P(c1ccccc1)(c1ccccc1)c1cccc2c1NC1C3C4=CC=CCC4CCC3c3cc4ccccc4cc3N21. The van der Waals surface area contributed by atoms with E-state index in [0.717, 1.165) is 33.7 Å². The number of nitrogens with one attached hydrogen (secondary N) is 1. The van der Waals surface area contributed by atoms with Crippen LogP contribution in [-0.2, 0) is 4.57 Å². The first-order chi connectivity index (χ1) is 21.2. The standard InChI is InChI=1S/C39H33N2OP/c42-43(29-15-3-1-4-16-29,30-17-5-2-6-18-30)36-21-11-20-34-38(36)40-39-37-31-19-10-9-12-26(31)22-23-32(37)33-24-27-13-7-8-14-28(27)25-35(33)41(34)39/h1-11,13-21,24-26,32,37,39-40H,12,22-23H2. The molecule has 43 heavy (non-hydrogen) atoms. The first-order valence-electron chi connectivity index (χ1n) is 15.5. The van der Waals surface area contributed by atoms with Crippen molar-refractivity contribution in [3.63, 3.8) is 0 Å². The first kappa shape index (κ1) is 25.2. The number of fused-ring (bicyclic) bond motifs is 11. The predicted octanol–water partition coefficient (Wildman–Crippen LogP) is 8.38. The van der Waals surface area contributed by atoms with E-state index in [1.807, 2.05) is 60.7 Å². The van der Waals surface area contributed by atoms with Crippen molar-refractivity contribution in [2.45, 2.75) is 31.3 Å². The zero-order valence-electron chi connectivity index (χ0n) is 23.9. The summed E-state index contributed by atoms with van der Waals surface area (Å²) in [5.41, 5.74) is 6.44. The number of allylic oxidation sites excluding steroid dienone is 3. The zero-order valence-corrected chi connectivity index (χ0v) is 24.8. The minimum Gasteiger partial charge on any atom is -0.362 e. The highest BCUT2D eigenvalue weighted by molar-refractivity contribution is 7.85. The summed E-state index contributed by atoms with van der Waals surface area (Å²) in [6, 6.07) is 40.1. The van der Waals surface area contributed by atoms with E-state index in [9.17, 15) is 0 Å². The molecule has 210 valence electrons. The van der Waals surface area contributed by atoms with Gasteiger partial charge in [-0.1, -0.05) is 115 Å². The molecule has 0 saturated heterocycles. The summed E-state index contributed by atoms with van der Waals surface area (Å²) in [5, 5.41) is 9.24. The Morgan fingerprint density at radius 2 is 1.42 bits per heavy atom. The van der Waals surface area contributed by atoms with Gasteiger partial charge in [0.25, 0.3) is 0 Å². The first-order valence-corrected chi connectivity index (χ1v) is 17.2. The number of hydrogen-bond donors (Lipinski definition) is 1. The molecule has 4 heteroatoms. The molecule has 2 heterocycles. The van der Waals surface area contributed by atoms with Gasteiger partial charge in [-0.2, -0.15) is 0 Å². The number of benzene rings is 5. The van der Waals surface area contributed by atoms with E-state index in [2.05, 4.69) is 83.0 Å². The molecule has 1 N–H and O–H groups in total. The van der Waals surface area contributed by atoms with Crippen LogP contribution in [0.2, 0.25) is 0 Å².